The molecular formula is C19H17NO6S. The van der Waals surface area contributed by atoms with Gasteiger partial charge < -0.3 is 14.6 Å². The van der Waals surface area contributed by atoms with E-state index in [4.69, 9.17) is 21.0 Å². The number of hydrogen-bond acceptors (Lipinski definition) is 5. The second kappa shape index (κ2) is 8.78. The fourth-order valence-electron chi connectivity index (χ4n) is 2.14. The molecule has 0 aliphatic carbocycles. The second-order valence-electron chi connectivity index (χ2n) is 5.20. The van der Waals surface area contributed by atoms with E-state index >= 15 is 0 Å². The van der Waals surface area contributed by atoms with E-state index in [1.54, 1.807) is 18.2 Å². The first kappa shape index (κ1) is 19.9. The first-order chi connectivity index (χ1) is 12.9. The average molecular weight is 387 g/mol. The van der Waals surface area contributed by atoms with Crippen molar-refractivity contribution in [3.8, 4) is 23.8 Å². The van der Waals surface area contributed by atoms with Crippen LogP contribution in [0.5, 0.6) is 11.5 Å². The fourth-order valence-corrected chi connectivity index (χ4v) is 3.03. The highest BCUT2D eigenvalue weighted by Gasteiger charge is 2.13. The van der Waals surface area contributed by atoms with Gasteiger partial charge in [-0.1, -0.05) is 24.1 Å². The molecule has 0 amide bonds. The summed E-state index contributed by atoms with van der Waals surface area (Å²) < 4.78 is 37.2. The molecule has 2 N–H and O–H groups in total. The number of methoxy groups -OCH3 is 1. The van der Waals surface area contributed by atoms with Gasteiger partial charge in [-0.25, -0.2) is 13.2 Å². The standard InChI is InChI=1S/C19H17NO6S/c1-3-11-26-17-9-8-14(13-18(17)25-2)10-12-27(23,24)20-16-7-5-4-6-15(16)19(21)22/h1,4-10,12-13,20H,11H2,2H3,(H,21,22)/b12-10+. The van der Waals surface area contributed by atoms with Crippen LogP contribution in [0.25, 0.3) is 6.08 Å². The number of nitrogens with one attached hydrogen (secondary N) is 1. The molecule has 8 heteroatoms. The Labute approximate surface area is 157 Å². The third-order valence-electron chi connectivity index (χ3n) is 3.35. The molecule has 2 rings (SSSR count). The summed E-state index contributed by atoms with van der Waals surface area (Å²) in [5.74, 6) is 1.94. The van der Waals surface area contributed by atoms with Crippen LogP contribution in [0.4, 0.5) is 5.69 Å². The minimum absolute atomic E-state index is 0.0229. The number of rotatable bonds is 8. The third-order valence-corrected chi connectivity index (χ3v) is 4.35. The Morgan fingerprint density at radius 2 is 2.00 bits per heavy atom. The number of carbonyl (C=O) groups is 1. The molecular weight excluding hydrogens is 370 g/mol. The first-order valence-electron chi connectivity index (χ1n) is 7.64. The summed E-state index contributed by atoms with van der Waals surface area (Å²) in [7, 11) is -2.47. The van der Waals surface area contributed by atoms with Crippen LogP contribution < -0.4 is 14.2 Å². The van der Waals surface area contributed by atoms with Crippen LogP contribution in [0.15, 0.2) is 47.9 Å². The van der Waals surface area contributed by atoms with E-state index in [-0.39, 0.29) is 17.9 Å². The summed E-state index contributed by atoms with van der Waals surface area (Å²) in [6.45, 7) is 0.0762. The van der Waals surface area contributed by atoms with Crippen molar-refractivity contribution in [3.05, 3.63) is 59.0 Å². The van der Waals surface area contributed by atoms with Crippen LogP contribution in [0.1, 0.15) is 15.9 Å². The number of benzene rings is 2. The summed E-state index contributed by atoms with van der Waals surface area (Å²) in [6, 6.07) is 10.5. The van der Waals surface area contributed by atoms with E-state index < -0.39 is 16.0 Å². The average Bonchev–Trinajstić information content (AvgIpc) is 2.65. The molecule has 0 heterocycles. The number of sulfonamides is 1. The van der Waals surface area contributed by atoms with Gasteiger partial charge in [-0.3, -0.25) is 4.72 Å². The van der Waals surface area contributed by atoms with Crippen LogP contribution in [-0.4, -0.2) is 33.2 Å². The maximum Gasteiger partial charge on any atom is 0.337 e. The Morgan fingerprint density at radius 3 is 2.67 bits per heavy atom. The van der Waals surface area contributed by atoms with Crippen LogP contribution >= 0.6 is 0 Å². The highest BCUT2D eigenvalue weighted by Crippen LogP contribution is 2.28. The normalized spacial score (nSPS) is 11.0. The first-order valence-corrected chi connectivity index (χ1v) is 9.18. The van der Waals surface area contributed by atoms with Gasteiger partial charge in [-0.2, -0.15) is 0 Å². The van der Waals surface area contributed by atoms with Crippen molar-refractivity contribution in [1.82, 2.24) is 0 Å². The van der Waals surface area contributed by atoms with E-state index in [1.807, 2.05) is 0 Å². The lowest BCUT2D eigenvalue weighted by molar-refractivity contribution is 0.0698. The SMILES string of the molecule is C#CCOc1ccc(/C=C/S(=O)(=O)Nc2ccccc2C(=O)O)cc1OC. The van der Waals surface area contributed by atoms with Gasteiger partial charge >= 0.3 is 5.97 Å². The molecule has 0 radical (unpaired) electrons. The quantitative estimate of drug-likeness (QED) is 0.676. The number of aromatic carboxylic acids is 1. The molecule has 140 valence electrons. The summed E-state index contributed by atoms with van der Waals surface area (Å²) in [6.07, 6.45) is 6.49. The Hall–Kier alpha value is -3.44. The van der Waals surface area contributed by atoms with Crippen molar-refractivity contribution in [2.75, 3.05) is 18.4 Å². The number of para-hydroxylation sites is 1. The number of carboxylic acid groups (broad SMARTS) is 1. The number of terminal acetylenes is 1. The number of ether oxygens (including phenoxy) is 2. The van der Waals surface area contributed by atoms with Crippen molar-refractivity contribution < 1.29 is 27.8 Å². The van der Waals surface area contributed by atoms with Crippen LogP contribution in [0.3, 0.4) is 0 Å². The van der Waals surface area contributed by atoms with Gasteiger partial charge in [0.1, 0.15) is 6.61 Å². The molecule has 7 nitrogen and oxygen atoms in total. The Morgan fingerprint density at radius 1 is 1.26 bits per heavy atom. The number of carboxylic acids is 1. The highest BCUT2D eigenvalue weighted by atomic mass is 32.2. The Kier molecular flexibility index (Phi) is 6.46. The van der Waals surface area contributed by atoms with Crippen molar-refractivity contribution in [2.24, 2.45) is 0 Å². The minimum atomic E-state index is -3.93. The zero-order valence-electron chi connectivity index (χ0n) is 14.4. The third kappa shape index (κ3) is 5.52. The van der Waals surface area contributed by atoms with E-state index in [2.05, 4.69) is 10.6 Å². The molecule has 0 aliphatic heterocycles. The lowest BCUT2D eigenvalue weighted by Crippen LogP contribution is -2.12. The largest absolute Gasteiger partial charge is 0.493 e. The molecule has 0 atom stereocenters. The number of hydrogen-bond donors (Lipinski definition) is 2. The molecule has 0 saturated carbocycles. The molecule has 0 fully saturated rings. The lowest BCUT2D eigenvalue weighted by atomic mass is 10.2. The van der Waals surface area contributed by atoms with Crippen molar-refractivity contribution >= 4 is 27.8 Å². The van der Waals surface area contributed by atoms with Gasteiger partial charge in [-0.15, -0.1) is 6.42 Å². The van der Waals surface area contributed by atoms with Crippen molar-refractivity contribution in [3.63, 3.8) is 0 Å². The van der Waals surface area contributed by atoms with Crippen LogP contribution in [0.2, 0.25) is 0 Å². The molecule has 0 bridgehead atoms. The van der Waals surface area contributed by atoms with Gasteiger partial charge in [-0.05, 0) is 35.9 Å². The Bertz CT molecular complexity index is 1010. The summed E-state index contributed by atoms with van der Waals surface area (Å²) >= 11 is 0. The zero-order chi connectivity index (χ0) is 19.9. The maximum absolute atomic E-state index is 12.2. The maximum atomic E-state index is 12.2. The monoisotopic (exact) mass is 387 g/mol. The summed E-state index contributed by atoms with van der Waals surface area (Å²) in [4.78, 5) is 11.2. The van der Waals surface area contributed by atoms with Crippen molar-refractivity contribution in [1.29, 1.82) is 0 Å². The van der Waals surface area contributed by atoms with Gasteiger partial charge in [0.2, 0.25) is 0 Å². The van der Waals surface area contributed by atoms with Crippen molar-refractivity contribution in [2.45, 2.75) is 0 Å². The smallest absolute Gasteiger partial charge is 0.337 e. The predicted octanol–water partition coefficient (Wildman–Crippen LogP) is 2.82. The number of anilines is 1. The summed E-state index contributed by atoms with van der Waals surface area (Å²) in [5.41, 5.74) is 0.369. The molecule has 0 aliphatic rings. The molecule has 0 aromatic heterocycles. The highest BCUT2D eigenvalue weighted by molar-refractivity contribution is 7.95. The van der Waals surface area contributed by atoms with E-state index in [0.717, 1.165) is 5.41 Å². The molecule has 0 spiro atoms. The lowest BCUT2D eigenvalue weighted by Gasteiger charge is -2.09. The zero-order valence-corrected chi connectivity index (χ0v) is 15.2. The second-order valence-corrected chi connectivity index (χ2v) is 6.77. The fraction of sp³-hybridized carbons (Fsp3) is 0.105. The molecule has 0 unspecified atom stereocenters. The molecule has 27 heavy (non-hydrogen) atoms. The van der Waals surface area contributed by atoms with E-state index in [0.29, 0.717) is 17.1 Å². The van der Waals surface area contributed by atoms with Gasteiger partial charge in [0.25, 0.3) is 10.0 Å². The van der Waals surface area contributed by atoms with E-state index in [1.165, 1.54) is 37.5 Å². The summed E-state index contributed by atoms with van der Waals surface area (Å²) in [5, 5.41) is 10.1. The minimum Gasteiger partial charge on any atom is -0.493 e. The predicted molar refractivity (Wildman–Crippen MR) is 102 cm³/mol. The van der Waals surface area contributed by atoms with Crippen LogP contribution in [0, 0.1) is 12.3 Å². The Balaban J connectivity index is 2.22. The molecule has 2 aromatic rings. The molecule has 2 aromatic carbocycles. The van der Waals surface area contributed by atoms with Gasteiger partial charge in [0.15, 0.2) is 11.5 Å². The molecule has 0 saturated heterocycles. The topological polar surface area (TPSA) is 102 Å². The van der Waals surface area contributed by atoms with E-state index in [9.17, 15) is 13.2 Å². The van der Waals surface area contributed by atoms with Crippen LogP contribution in [-0.2, 0) is 10.0 Å². The van der Waals surface area contributed by atoms with Gasteiger partial charge in [0.05, 0.1) is 23.8 Å². The van der Waals surface area contributed by atoms with Gasteiger partial charge in [0, 0.05) is 0 Å².